The van der Waals surface area contributed by atoms with Crippen molar-refractivity contribution >= 4 is 0 Å². The van der Waals surface area contributed by atoms with E-state index < -0.39 is 0 Å². The van der Waals surface area contributed by atoms with Gasteiger partial charge < -0.3 is 15.2 Å². The Labute approximate surface area is 112 Å². The maximum atomic E-state index is 5.71. The van der Waals surface area contributed by atoms with E-state index in [0.717, 1.165) is 17.7 Å². The molecule has 100 valence electrons. The molecule has 19 heavy (non-hydrogen) atoms. The van der Waals surface area contributed by atoms with Crippen molar-refractivity contribution in [1.82, 2.24) is 9.97 Å². The van der Waals surface area contributed by atoms with Crippen molar-refractivity contribution in [3.8, 4) is 17.5 Å². The van der Waals surface area contributed by atoms with Gasteiger partial charge in [0, 0.05) is 18.4 Å². The standard InChI is InChI=1S/C14H17N3O2/c1-10(15)7-11-8-16-14(17-9-11)19-13-5-3-12(18-2)4-6-13/h3-6,8-10H,7,15H2,1-2H3. The summed E-state index contributed by atoms with van der Waals surface area (Å²) in [5, 5.41) is 0. The van der Waals surface area contributed by atoms with Crippen LogP contribution < -0.4 is 15.2 Å². The lowest BCUT2D eigenvalue weighted by Crippen LogP contribution is -2.17. The first-order valence-corrected chi connectivity index (χ1v) is 6.06. The molecule has 1 atom stereocenters. The van der Waals surface area contributed by atoms with Gasteiger partial charge in [-0.3, -0.25) is 0 Å². The number of nitrogens with two attached hydrogens (primary N) is 1. The normalized spacial score (nSPS) is 11.9. The van der Waals surface area contributed by atoms with Crippen LogP contribution in [0.15, 0.2) is 36.7 Å². The van der Waals surface area contributed by atoms with Crippen LogP contribution in [0.1, 0.15) is 12.5 Å². The molecule has 2 rings (SSSR count). The molecule has 0 aliphatic rings. The van der Waals surface area contributed by atoms with Crippen molar-refractivity contribution in [2.24, 2.45) is 5.73 Å². The van der Waals surface area contributed by atoms with Crippen LogP contribution in [0.2, 0.25) is 0 Å². The number of hydrogen-bond donors (Lipinski definition) is 1. The summed E-state index contributed by atoms with van der Waals surface area (Å²) in [6.45, 7) is 1.95. The van der Waals surface area contributed by atoms with E-state index in [-0.39, 0.29) is 6.04 Å². The molecule has 2 aromatic rings. The van der Waals surface area contributed by atoms with Gasteiger partial charge in [-0.1, -0.05) is 0 Å². The van der Waals surface area contributed by atoms with Crippen molar-refractivity contribution in [3.63, 3.8) is 0 Å². The van der Waals surface area contributed by atoms with Crippen LogP contribution in [0.3, 0.4) is 0 Å². The van der Waals surface area contributed by atoms with Crippen molar-refractivity contribution in [2.75, 3.05) is 7.11 Å². The summed E-state index contributed by atoms with van der Waals surface area (Å²) in [5.41, 5.74) is 6.71. The number of rotatable bonds is 5. The van der Waals surface area contributed by atoms with Gasteiger partial charge in [-0.15, -0.1) is 0 Å². The molecule has 0 saturated heterocycles. The summed E-state index contributed by atoms with van der Waals surface area (Å²) in [4.78, 5) is 8.30. The largest absolute Gasteiger partial charge is 0.497 e. The quantitative estimate of drug-likeness (QED) is 0.891. The minimum absolute atomic E-state index is 0.0944. The molecule has 2 N–H and O–H groups in total. The fourth-order valence-electron chi connectivity index (χ4n) is 1.62. The van der Waals surface area contributed by atoms with E-state index in [1.807, 2.05) is 19.1 Å². The summed E-state index contributed by atoms with van der Waals surface area (Å²) in [6.07, 6.45) is 4.22. The van der Waals surface area contributed by atoms with Gasteiger partial charge in [0.15, 0.2) is 0 Å². The molecule has 5 nitrogen and oxygen atoms in total. The third-order valence-electron chi connectivity index (χ3n) is 2.51. The first kappa shape index (κ1) is 13.3. The highest BCUT2D eigenvalue weighted by Gasteiger charge is 2.03. The van der Waals surface area contributed by atoms with Crippen LogP contribution in [0, 0.1) is 0 Å². The summed E-state index contributed by atoms with van der Waals surface area (Å²) in [5.74, 6) is 1.45. The predicted molar refractivity (Wildman–Crippen MR) is 72.5 cm³/mol. The molecule has 0 aliphatic carbocycles. The molecular weight excluding hydrogens is 242 g/mol. The Morgan fingerprint density at radius 1 is 1.11 bits per heavy atom. The molecule has 0 amide bonds. The van der Waals surface area contributed by atoms with Crippen molar-refractivity contribution in [2.45, 2.75) is 19.4 Å². The van der Waals surface area contributed by atoms with E-state index in [1.165, 1.54) is 0 Å². The van der Waals surface area contributed by atoms with E-state index in [1.54, 1.807) is 31.6 Å². The van der Waals surface area contributed by atoms with Crippen LogP contribution >= 0.6 is 0 Å². The average molecular weight is 259 g/mol. The van der Waals surface area contributed by atoms with Gasteiger partial charge in [-0.25, -0.2) is 9.97 Å². The monoisotopic (exact) mass is 259 g/mol. The van der Waals surface area contributed by atoms with Crippen molar-refractivity contribution in [3.05, 3.63) is 42.2 Å². The lowest BCUT2D eigenvalue weighted by molar-refractivity contribution is 0.410. The minimum atomic E-state index is 0.0944. The molecule has 1 aromatic heterocycles. The van der Waals surface area contributed by atoms with E-state index in [9.17, 15) is 0 Å². The van der Waals surface area contributed by atoms with Gasteiger partial charge in [0.05, 0.1) is 7.11 Å². The first-order valence-electron chi connectivity index (χ1n) is 6.06. The SMILES string of the molecule is COc1ccc(Oc2ncc(CC(C)N)cn2)cc1. The van der Waals surface area contributed by atoms with Crippen molar-refractivity contribution < 1.29 is 9.47 Å². The molecule has 0 bridgehead atoms. The summed E-state index contributed by atoms with van der Waals surface area (Å²) in [7, 11) is 1.62. The second-order valence-corrected chi connectivity index (χ2v) is 4.33. The van der Waals surface area contributed by atoms with Gasteiger partial charge in [0.1, 0.15) is 11.5 Å². The topological polar surface area (TPSA) is 70.3 Å². The molecule has 0 saturated carbocycles. The zero-order valence-electron chi connectivity index (χ0n) is 11.0. The van der Waals surface area contributed by atoms with Crippen molar-refractivity contribution in [1.29, 1.82) is 0 Å². The minimum Gasteiger partial charge on any atom is -0.497 e. The molecular formula is C14H17N3O2. The average Bonchev–Trinajstić information content (AvgIpc) is 2.41. The molecule has 0 fully saturated rings. The lowest BCUT2D eigenvalue weighted by Gasteiger charge is -2.06. The zero-order chi connectivity index (χ0) is 13.7. The second kappa shape index (κ2) is 6.15. The van der Waals surface area contributed by atoms with Gasteiger partial charge in [-0.05, 0) is 43.2 Å². The Hall–Kier alpha value is -2.14. The summed E-state index contributed by atoms with van der Waals surface area (Å²) < 4.78 is 10.6. The number of benzene rings is 1. The molecule has 5 heteroatoms. The van der Waals surface area contributed by atoms with Gasteiger partial charge >= 0.3 is 6.01 Å². The van der Waals surface area contributed by atoms with Gasteiger partial charge in [-0.2, -0.15) is 0 Å². The van der Waals surface area contributed by atoms with E-state index >= 15 is 0 Å². The lowest BCUT2D eigenvalue weighted by atomic mass is 10.1. The number of methoxy groups -OCH3 is 1. The highest BCUT2D eigenvalue weighted by molar-refractivity contribution is 5.32. The van der Waals surface area contributed by atoms with Gasteiger partial charge in [0.25, 0.3) is 0 Å². The fourth-order valence-corrected chi connectivity index (χ4v) is 1.62. The number of nitrogens with zero attached hydrogens (tertiary/aromatic N) is 2. The first-order chi connectivity index (χ1) is 9.17. The zero-order valence-corrected chi connectivity index (χ0v) is 11.0. The third-order valence-corrected chi connectivity index (χ3v) is 2.51. The molecule has 1 heterocycles. The van der Waals surface area contributed by atoms with Crippen LogP contribution in [-0.4, -0.2) is 23.1 Å². The van der Waals surface area contributed by atoms with E-state index in [4.69, 9.17) is 15.2 Å². The maximum absolute atomic E-state index is 5.71. The molecule has 0 spiro atoms. The van der Waals surface area contributed by atoms with E-state index in [2.05, 4.69) is 9.97 Å². The highest BCUT2D eigenvalue weighted by Crippen LogP contribution is 2.20. The second-order valence-electron chi connectivity index (χ2n) is 4.33. The molecule has 1 aromatic carbocycles. The Bertz CT molecular complexity index is 509. The Morgan fingerprint density at radius 2 is 1.68 bits per heavy atom. The third kappa shape index (κ3) is 3.93. The van der Waals surface area contributed by atoms with Crippen LogP contribution in [-0.2, 0) is 6.42 Å². The molecule has 1 unspecified atom stereocenters. The van der Waals surface area contributed by atoms with Crippen LogP contribution in [0.5, 0.6) is 17.5 Å². The Kier molecular flexibility index (Phi) is 4.30. The van der Waals surface area contributed by atoms with Crippen LogP contribution in [0.4, 0.5) is 0 Å². The molecule has 0 radical (unpaired) electrons. The smallest absolute Gasteiger partial charge is 0.321 e. The number of hydrogen-bond acceptors (Lipinski definition) is 5. The maximum Gasteiger partial charge on any atom is 0.321 e. The molecule has 0 aliphatic heterocycles. The Morgan fingerprint density at radius 3 is 2.21 bits per heavy atom. The number of aromatic nitrogens is 2. The van der Waals surface area contributed by atoms with Crippen LogP contribution in [0.25, 0.3) is 0 Å². The fraction of sp³-hybridized carbons (Fsp3) is 0.286. The van der Waals surface area contributed by atoms with E-state index in [0.29, 0.717) is 11.8 Å². The predicted octanol–water partition coefficient (Wildman–Crippen LogP) is 2.17. The van der Waals surface area contributed by atoms with Gasteiger partial charge in [0.2, 0.25) is 0 Å². The summed E-state index contributed by atoms with van der Waals surface area (Å²) >= 11 is 0. The highest BCUT2D eigenvalue weighted by atomic mass is 16.5. The summed E-state index contributed by atoms with van der Waals surface area (Å²) in [6, 6.07) is 7.66. The Balaban J connectivity index is 2.02. The number of ether oxygens (including phenoxy) is 2.